The van der Waals surface area contributed by atoms with Crippen LogP contribution in [0.1, 0.15) is 40.5 Å². The Bertz CT molecular complexity index is 175. The van der Waals surface area contributed by atoms with E-state index < -0.39 is 18.4 Å². The molecule has 0 radical (unpaired) electrons. The van der Waals surface area contributed by atoms with Gasteiger partial charge in [-0.15, -0.1) is 0 Å². The minimum absolute atomic E-state index is 0. The summed E-state index contributed by atoms with van der Waals surface area (Å²) in [7, 11) is 0. The Balaban J connectivity index is -0.000000720. The van der Waals surface area contributed by atoms with Gasteiger partial charge in [-0.3, -0.25) is 9.59 Å². The maximum atomic E-state index is 10.7. The van der Waals surface area contributed by atoms with Crippen LogP contribution in [-0.4, -0.2) is 23.7 Å². The molecule has 4 nitrogen and oxygen atoms in total. The van der Waals surface area contributed by atoms with Crippen molar-refractivity contribution in [2.24, 2.45) is 0 Å². The van der Waals surface area contributed by atoms with Crippen molar-refractivity contribution < 1.29 is 79.0 Å². The minimum Gasteiger partial charge on any atom is -1.00 e. The van der Waals surface area contributed by atoms with Crippen LogP contribution in [0.25, 0.3) is 0 Å². The molecule has 0 heterocycles. The number of carbonyl (C=O) groups excluding carboxylic acids is 1. The molecule has 0 aromatic heterocycles. The number of hydrogen-bond acceptors (Lipinski definition) is 3. The zero-order valence-electron chi connectivity index (χ0n) is 9.91. The zero-order chi connectivity index (χ0) is 10.1. The molecule has 5 heteroatoms. The van der Waals surface area contributed by atoms with Gasteiger partial charge in [0.1, 0.15) is 6.42 Å². The third kappa shape index (κ3) is 12.7. The SMILES string of the molecule is CCCCCCOC(=O)CC(=O)O.[H-].[Rb+]. The number of carboxylic acid groups (broad SMARTS) is 1. The number of rotatable bonds is 7. The summed E-state index contributed by atoms with van der Waals surface area (Å²) in [4.78, 5) is 20.7. The predicted octanol–water partition coefficient (Wildman–Crippen LogP) is -1.30. The van der Waals surface area contributed by atoms with Crippen LogP contribution in [0.2, 0.25) is 0 Å². The van der Waals surface area contributed by atoms with E-state index in [-0.39, 0.29) is 59.6 Å². The first-order valence-corrected chi connectivity index (χ1v) is 4.54. The number of carbonyl (C=O) groups is 2. The van der Waals surface area contributed by atoms with E-state index in [2.05, 4.69) is 11.7 Å². The van der Waals surface area contributed by atoms with E-state index in [1.165, 1.54) is 0 Å². The number of unbranched alkanes of at least 4 members (excludes halogenated alkanes) is 3. The van der Waals surface area contributed by atoms with E-state index in [1.54, 1.807) is 0 Å². The van der Waals surface area contributed by atoms with Gasteiger partial charge < -0.3 is 11.3 Å². The molecule has 78 valence electrons. The molecule has 0 unspecified atom stereocenters. The number of aliphatic carboxylic acids is 1. The molecule has 0 rings (SSSR count). The van der Waals surface area contributed by atoms with Gasteiger partial charge >= 0.3 is 70.1 Å². The van der Waals surface area contributed by atoms with Crippen molar-refractivity contribution in [3.8, 4) is 0 Å². The zero-order valence-corrected chi connectivity index (χ0v) is 13.8. The summed E-state index contributed by atoms with van der Waals surface area (Å²) in [5.74, 6) is -1.79. The first-order valence-electron chi connectivity index (χ1n) is 4.54. The molecule has 0 aromatic rings. The summed E-state index contributed by atoms with van der Waals surface area (Å²) < 4.78 is 4.68. The van der Waals surface area contributed by atoms with Crippen LogP contribution in [0.5, 0.6) is 0 Å². The van der Waals surface area contributed by atoms with E-state index in [0.717, 1.165) is 25.7 Å². The molecule has 14 heavy (non-hydrogen) atoms. The molecule has 0 bridgehead atoms. The Morgan fingerprint density at radius 1 is 1.29 bits per heavy atom. The Morgan fingerprint density at radius 2 is 1.93 bits per heavy atom. The molecule has 0 saturated carbocycles. The van der Waals surface area contributed by atoms with Gasteiger partial charge in [0.25, 0.3) is 0 Å². The molecule has 0 aliphatic rings. The number of carboxylic acids is 1. The fraction of sp³-hybridized carbons (Fsp3) is 0.778. The third-order valence-corrected chi connectivity index (χ3v) is 1.56. The Kier molecular flexibility index (Phi) is 14.5. The molecule has 0 spiro atoms. The van der Waals surface area contributed by atoms with Crippen LogP contribution in [0.4, 0.5) is 0 Å². The summed E-state index contributed by atoms with van der Waals surface area (Å²) in [5, 5.41) is 8.22. The second-order valence-electron chi connectivity index (χ2n) is 2.85. The van der Waals surface area contributed by atoms with Crippen molar-refractivity contribution in [1.82, 2.24) is 0 Å². The van der Waals surface area contributed by atoms with Crippen molar-refractivity contribution in [2.75, 3.05) is 6.61 Å². The summed E-state index contributed by atoms with van der Waals surface area (Å²) in [5.41, 5.74) is 0. The molecule has 1 N–H and O–H groups in total. The van der Waals surface area contributed by atoms with E-state index in [1.807, 2.05) is 0 Å². The number of hydrogen-bond donors (Lipinski definition) is 1. The molecule has 0 atom stereocenters. The van der Waals surface area contributed by atoms with Gasteiger partial charge in [0.05, 0.1) is 6.61 Å². The van der Waals surface area contributed by atoms with Crippen molar-refractivity contribution in [3.63, 3.8) is 0 Å². The first kappa shape index (κ1) is 17.1. The van der Waals surface area contributed by atoms with E-state index in [4.69, 9.17) is 5.11 Å². The second kappa shape index (κ2) is 11.8. The van der Waals surface area contributed by atoms with Crippen molar-refractivity contribution in [3.05, 3.63) is 0 Å². The van der Waals surface area contributed by atoms with Crippen LogP contribution in [0.15, 0.2) is 0 Å². The smallest absolute Gasteiger partial charge is 1.00 e. The van der Waals surface area contributed by atoms with Gasteiger partial charge in [-0.2, -0.15) is 0 Å². The first-order chi connectivity index (χ1) is 6.16. The maximum absolute atomic E-state index is 10.7. The third-order valence-electron chi connectivity index (χ3n) is 1.56. The van der Waals surface area contributed by atoms with Gasteiger partial charge in [-0.05, 0) is 6.42 Å². The second-order valence-corrected chi connectivity index (χ2v) is 2.85. The Labute approximate surface area is 135 Å². The fourth-order valence-electron chi connectivity index (χ4n) is 0.889. The normalized spacial score (nSPS) is 8.93. The Hall–Kier alpha value is 0.745. The average Bonchev–Trinajstić information content (AvgIpc) is 2.02. The monoisotopic (exact) mass is 274 g/mol. The van der Waals surface area contributed by atoms with E-state index >= 15 is 0 Å². The van der Waals surface area contributed by atoms with Gasteiger partial charge in [0, 0.05) is 0 Å². The topological polar surface area (TPSA) is 63.6 Å². The maximum Gasteiger partial charge on any atom is 1.00 e. The van der Waals surface area contributed by atoms with E-state index in [0.29, 0.717) is 6.61 Å². The van der Waals surface area contributed by atoms with Gasteiger partial charge in [-0.25, -0.2) is 0 Å². The molecule has 0 aliphatic carbocycles. The van der Waals surface area contributed by atoms with Crippen molar-refractivity contribution in [1.29, 1.82) is 0 Å². The fourth-order valence-corrected chi connectivity index (χ4v) is 0.889. The van der Waals surface area contributed by atoms with Crippen LogP contribution in [-0.2, 0) is 14.3 Å². The number of ether oxygens (including phenoxy) is 1. The van der Waals surface area contributed by atoms with Crippen LogP contribution >= 0.6 is 0 Å². The van der Waals surface area contributed by atoms with Crippen molar-refractivity contribution in [2.45, 2.75) is 39.0 Å². The summed E-state index contributed by atoms with van der Waals surface area (Å²) in [6.45, 7) is 2.43. The van der Waals surface area contributed by atoms with Crippen LogP contribution < -0.4 is 58.2 Å². The summed E-state index contributed by atoms with van der Waals surface area (Å²) >= 11 is 0. The number of esters is 1. The molecule has 0 saturated heterocycles. The summed E-state index contributed by atoms with van der Waals surface area (Å²) in [6.07, 6.45) is 3.56. The average molecular weight is 275 g/mol. The standard InChI is InChI=1S/C9H16O4.Rb.H/c1-2-3-4-5-6-13-9(12)7-8(10)11;;/h2-7H2,1H3,(H,10,11);;/q;+1;-1. The molecule has 0 aromatic carbocycles. The molecule has 0 fully saturated rings. The van der Waals surface area contributed by atoms with E-state index in [9.17, 15) is 9.59 Å². The summed E-state index contributed by atoms with van der Waals surface area (Å²) in [6, 6.07) is 0. The largest absolute Gasteiger partial charge is 1.00 e. The van der Waals surface area contributed by atoms with Gasteiger partial charge in [-0.1, -0.05) is 26.2 Å². The quantitative estimate of drug-likeness (QED) is 0.356. The minimum atomic E-state index is -1.14. The molecular formula is C9H17O4Rb. The van der Waals surface area contributed by atoms with Gasteiger partial charge in [0.2, 0.25) is 0 Å². The molecular weight excluding hydrogens is 258 g/mol. The van der Waals surface area contributed by atoms with Crippen molar-refractivity contribution >= 4 is 11.9 Å². The van der Waals surface area contributed by atoms with Crippen LogP contribution in [0, 0.1) is 0 Å². The molecule has 0 aliphatic heterocycles. The van der Waals surface area contributed by atoms with Gasteiger partial charge in [0.15, 0.2) is 0 Å². The Morgan fingerprint density at radius 3 is 2.43 bits per heavy atom. The van der Waals surface area contributed by atoms with Crippen LogP contribution in [0.3, 0.4) is 0 Å². The molecule has 0 amide bonds. The predicted molar refractivity (Wildman–Crippen MR) is 48.5 cm³/mol.